The van der Waals surface area contributed by atoms with Gasteiger partial charge < -0.3 is 0 Å². The van der Waals surface area contributed by atoms with Gasteiger partial charge in [-0.1, -0.05) is 47.3 Å². The summed E-state index contributed by atoms with van der Waals surface area (Å²) in [4.78, 5) is 4.59. The highest BCUT2D eigenvalue weighted by Gasteiger charge is 2.08. The van der Waals surface area contributed by atoms with Gasteiger partial charge in [-0.15, -0.1) is 16.4 Å². The van der Waals surface area contributed by atoms with Crippen LogP contribution in [-0.2, 0) is 12.3 Å². The molecule has 7 heteroatoms. The molecule has 0 radical (unpaired) electrons. The van der Waals surface area contributed by atoms with Crippen molar-refractivity contribution in [3.63, 3.8) is 0 Å². The third kappa shape index (κ3) is 3.32. The molecule has 2 aromatic carbocycles. The fraction of sp³-hybridized carbons (Fsp3) is 0.118. The van der Waals surface area contributed by atoms with Crippen LogP contribution < -0.4 is 0 Å². The van der Waals surface area contributed by atoms with Gasteiger partial charge >= 0.3 is 0 Å². The van der Waals surface area contributed by atoms with E-state index in [9.17, 15) is 4.39 Å². The van der Waals surface area contributed by atoms with Crippen LogP contribution in [0, 0.1) is 5.82 Å². The molecule has 2 heterocycles. The summed E-state index contributed by atoms with van der Waals surface area (Å²) in [6.45, 7) is 0.380. The molecule has 0 spiro atoms. The molecule has 0 atom stereocenters. The Bertz CT molecular complexity index is 946. The molecule has 0 saturated heterocycles. The van der Waals surface area contributed by atoms with E-state index in [2.05, 4.69) is 21.4 Å². The third-order valence-electron chi connectivity index (χ3n) is 3.49. The summed E-state index contributed by atoms with van der Waals surface area (Å²) >= 11 is 3.31. The summed E-state index contributed by atoms with van der Waals surface area (Å²) in [5.74, 6) is 0.468. The van der Waals surface area contributed by atoms with Crippen molar-refractivity contribution in [3.8, 4) is 0 Å². The number of halogens is 1. The van der Waals surface area contributed by atoms with Crippen LogP contribution in [0.5, 0.6) is 0 Å². The van der Waals surface area contributed by atoms with Crippen molar-refractivity contribution in [2.24, 2.45) is 0 Å². The number of fused-ring (bicyclic) bond motifs is 1. The lowest BCUT2D eigenvalue weighted by Gasteiger charge is -2.01. The quantitative estimate of drug-likeness (QED) is 0.498. The molecule has 120 valence electrons. The Hall–Kier alpha value is -2.25. The highest BCUT2D eigenvalue weighted by molar-refractivity contribution is 8.00. The molecule has 0 aliphatic carbocycles. The van der Waals surface area contributed by atoms with Gasteiger partial charge in [0.2, 0.25) is 0 Å². The van der Waals surface area contributed by atoms with Crippen LogP contribution >= 0.6 is 23.1 Å². The summed E-state index contributed by atoms with van der Waals surface area (Å²) in [5.41, 5.74) is 2.48. The normalized spacial score (nSPS) is 11.2. The summed E-state index contributed by atoms with van der Waals surface area (Å²) in [6.07, 6.45) is 1.85. The lowest BCUT2D eigenvalue weighted by molar-refractivity contribution is 0.577. The van der Waals surface area contributed by atoms with Crippen molar-refractivity contribution in [2.75, 3.05) is 0 Å². The largest absolute Gasteiger partial charge is 0.248 e. The van der Waals surface area contributed by atoms with Crippen LogP contribution in [-0.4, -0.2) is 20.0 Å². The molecule has 0 unspecified atom stereocenters. The first kappa shape index (κ1) is 15.3. The van der Waals surface area contributed by atoms with Gasteiger partial charge in [0.1, 0.15) is 5.82 Å². The zero-order valence-corrected chi connectivity index (χ0v) is 14.2. The second-order valence-electron chi connectivity index (χ2n) is 5.24. The highest BCUT2D eigenvalue weighted by Crippen LogP contribution is 2.30. The van der Waals surface area contributed by atoms with E-state index in [-0.39, 0.29) is 5.82 Å². The zero-order chi connectivity index (χ0) is 16.4. The lowest BCUT2D eigenvalue weighted by atomic mass is 10.2. The number of nitrogens with zero attached hydrogens (tertiary/aromatic N) is 4. The third-order valence-corrected chi connectivity index (χ3v) is 5.71. The first-order chi connectivity index (χ1) is 11.8. The van der Waals surface area contributed by atoms with Crippen LogP contribution in [0.3, 0.4) is 0 Å². The molecule has 24 heavy (non-hydrogen) atoms. The maximum atomic E-state index is 13.7. The predicted molar refractivity (Wildman–Crippen MR) is 94.7 cm³/mol. The lowest BCUT2D eigenvalue weighted by Crippen LogP contribution is -2.02. The molecular weight excluding hydrogens is 343 g/mol. The molecule has 2 aromatic heterocycles. The zero-order valence-electron chi connectivity index (χ0n) is 12.6. The van der Waals surface area contributed by atoms with Gasteiger partial charge in [-0.2, -0.15) is 0 Å². The van der Waals surface area contributed by atoms with Gasteiger partial charge in [-0.25, -0.2) is 14.1 Å². The Morgan fingerprint density at radius 3 is 2.79 bits per heavy atom. The summed E-state index contributed by atoms with van der Waals surface area (Å²) in [7, 11) is 0. The number of thioether (sulfide) groups is 1. The highest BCUT2D eigenvalue weighted by atomic mass is 32.2. The fourth-order valence-corrected chi connectivity index (χ4v) is 4.28. The van der Waals surface area contributed by atoms with E-state index in [1.165, 1.54) is 10.8 Å². The maximum absolute atomic E-state index is 13.7. The van der Waals surface area contributed by atoms with E-state index in [4.69, 9.17) is 0 Å². The second-order valence-corrected chi connectivity index (χ2v) is 7.49. The van der Waals surface area contributed by atoms with Crippen molar-refractivity contribution < 1.29 is 4.39 Å². The Labute approximate surface area is 146 Å². The molecule has 4 aromatic rings. The molecular formula is C17H13FN4S2. The molecule has 0 aliphatic heterocycles. The number of para-hydroxylation sites is 1. The average Bonchev–Trinajstić information content (AvgIpc) is 3.21. The van der Waals surface area contributed by atoms with E-state index < -0.39 is 0 Å². The smallest absolute Gasteiger partial charge is 0.151 e. The average molecular weight is 356 g/mol. The van der Waals surface area contributed by atoms with Crippen LogP contribution in [0.15, 0.2) is 59.1 Å². The number of thiazole rings is 1. The van der Waals surface area contributed by atoms with Crippen LogP contribution in [0.4, 0.5) is 4.39 Å². The summed E-state index contributed by atoms with van der Waals surface area (Å²) < 4.78 is 17.5. The molecule has 0 fully saturated rings. The topological polar surface area (TPSA) is 43.6 Å². The Kier molecular flexibility index (Phi) is 4.27. The molecule has 0 bridgehead atoms. The first-order valence-corrected chi connectivity index (χ1v) is 9.19. The maximum Gasteiger partial charge on any atom is 0.151 e. The summed E-state index contributed by atoms with van der Waals surface area (Å²) in [5, 5.41) is 8.23. The van der Waals surface area contributed by atoms with Crippen molar-refractivity contribution in [1.82, 2.24) is 20.0 Å². The monoisotopic (exact) mass is 356 g/mol. The molecule has 0 aliphatic rings. The Balaban J connectivity index is 1.42. The minimum Gasteiger partial charge on any atom is -0.248 e. The number of hydrogen-bond acceptors (Lipinski definition) is 5. The van der Waals surface area contributed by atoms with E-state index in [1.54, 1.807) is 39.9 Å². The van der Waals surface area contributed by atoms with Gasteiger partial charge in [0, 0.05) is 17.5 Å². The fourth-order valence-electron chi connectivity index (χ4n) is 2.33. The van der Waals surface area contributed by atoms with Crippen molar-refractivity contribution in [3.05, 3.63) is 71.8 Å². The standard InChI is InChI=1S/C17H13FN4S2/c18-14-6-2-1-5-12(14)9-22-10-13(20-21-22)11-23-17-19-15-7-3-4-8-16(15)24-17/h1-8,10H,9,11H2. The summed E-state index contributed by atoms with van der Waals surface area (Å²) in [6, 6.07) is 14.8. The minimum absolute atomic E-state index is 0.224. The van der Waals surface area contributed by atoms with Crippen molar-refractivity contribution >= 4 is 33.3 Å². The van der Waals surface area contributed by atoms with Gasteiger partial charge in [0.25, 0.3) is 0 Å². The minimum atomic E-state index is -0.224. The number of benzene rings is 2. The van der Waals surface area contributed by atoms with Crippen LogP contribution in [0.25, 0.3) is 10.2 Å². The van der Waals surface area contributed by atoms with Gasteiger partial charge in [-0.3, -0.25) is 0 Å². The number of aromatic nitrogens is 4. The van der Waals surface area contributed by atoms with Crippen LogP contribution in [0.2, 0.25) is 0 Å². The second kappa shape index (κ2) is 6.70. The molecule has 4 rings (SSSR count). The Morgan fingerprint density at radius 1 is 1.08 bits per heavy atom. The molecule has 0 saturated carbocycles. The SMILES string of the molecule is Fc1ccccc1Cn1cc(CSc2nc3ccccc3s2)nn1. The molecule has 0 amide bonds. The molecule has 4 nitrogen and oxygen atoms in total. The van der Waals surface area contributed by atoms with Gasteiger partial charge in [-0.05, 0) is 18.2 Å². The predicted octanol–water partition coefficient (Wildman–Crippen LogP) is 4.37. The van der Waals surface area contributed by atoms with Crippen molar-refractivity contribution in [2.45, 2.75) is 16.6 Å². The number of rotatable bonds is 5. The van der Waals surface area contributed by atoms with E-state index in [0.29, 0.717) is 17.9 Å². The van der Waals surface area contributed by atoms with Crippen molar-refractivity contribution in [1.29, 1.82) is 0 Å². The molecule has 0 N–H and O–H groups in total. The first-order valence-electron chi connectivity index (χ1n) is 7.39. The van der Waals surface area contributed by atoms with Gasteiger partial charge in [0.15, 0.2) is 4.34 Å². The Morgan fingerprint density at radius 2 is 1.92 bits per heavy atom. The van der Waals surface area contributed by atoms with E-state index in [1.807, 2.05) is 30.5 Å². The van der Waals surface area contributed by atoms with E-state index in [0.717, 1.165) is 15.6 Å². The van der Waals surface area contributed by atoms with Gasteiger partial charge in [0.05, 0.1) is 22.5 Å². The van der Waals surface area contributed by atoms with E-state index >= 15 is 0 Å². The number of hydrogen-bond donors (Lipinski definition) is 0. The van der Waals surface area contributed by atoms with Crippen LogP contribution in [0.1, 0.15) is 11.3 Å².